The van der Waals surface area contributed by atoms with Crippen molar-refractivity contribution in [1.82, 2.24) is 25.0 Å². The molecule has 3 aliphatic rings. The second-order valence-corrected chi connectivity index (χ2v) is 8.50. The lowest BCUT2D eigenvalue weighted by Crippen LogP contribution is -2.22. The van der Waals surface area contributed by atoms with Crippen molar-refractivity contribution < 1.29 is 4.74 Å². The number of hydrogen-bond donors (Lipinski definition) is 0. The molecule has 0 spiro atoms. The van der Waals surface area contributed by atoms with Crippen LogP contribution < -0.4 is 0 Å². The van der Waals surface area contributed by atoms with Crippen LogP contribution in [0.1, 0.15) is 62.0 Å². The Labute approximate surface area is 160 Å². The van der Waals surface area contributed by atoms with Gasteiger partial charge in [0.1, 0.15) is 5.69 Å². The monoisotopic (exact) mass is 367 g/mol. The number of rotatable bonds is 5. The van der Waals surface area contributed by atoms with Crippen LogP contribution in [0.25, 0.3) is 11.5 Å². The van der Waals surface area contributed by atoms with Crippen LogP contribution in [0.5, 0.6) is 0 Å². The van der Waals surface area contributed by atoms with Gasteiger partial charge in [-0.2, -0.15) is 10.2 Å². The molecule has 0 aromatic carbocycles. The third-order valence-corrected chi connectivity index (χ3v) is 6.48. The van der Waals surface area contributed by atoms with Gasteiger partial charge in [0, 0.05) is 26.2 Å². The molecule has 0 atom stereocenters. The first-order chi connectivity index (χ1) is 13.3. The summed E-state index contributed by atoms with van der Waals surface area (Å²) in [5.41, 5.74) is 3.43. The molecule has 6 nitrogen and oxygen atoms in total. The molecule has 0 radical (unpaired) electrons. The van der Waals surface area contributed by atoms with Crippen molar-refractivity contribution in [2.24, 2.45) is 11.8 Å². The lowest BCUT2D eigenvalue weighted by atomic mass is 9.83. The molecule has 1 aliphatic heterocycles. The molecule has 1 saturated heterocycles. The van der Waals surface area contributed by atoms with Crippen molar-refractivity contribution in [3.05, 3.63) is 23.1 Å². The standard InChI is InChI=1S/C21H29N5O/c1-2-7-18-17(6-1)13-19(24-23-18)21-22-20(12-15-4-3-5-15)25-26(21)14-16-8-10-27-11-9-16/h13,15-16H,1-12,14H2. The molecular formula is C21H29N5O. The number of hydrogen-bond acceptors (Lipinski definition) is 5. The number of fused-ring (bicyclic) bond motifs is 1. The van der Waals surface area contributed by atoms with Crippen LogP contribution in [-0.4, -0.2) is 38.2 Å². The summed E-state index contributed by atoms with van der Waals surface area (Å²) in [4.78, 5) is 4.93. The van der Waals surface area contributed by atoms with Gasteiger partial charge in [-0.3, -0.25) is 0 Å². The zero-order valence-electron chi connectivity index (χ0n) is 16.1. The fraction of sp³-hybridized carbons (Fsp3) is 0.714. The van der Waals surface area contributed by atoms with E-state index in [9.17, 15) is 0 Å². The highest BCUT2D eigenvalue weighted by molar-refractivity contribution is 5.51. The summed E-state index contributed by atoms with van der Waals surface area (Å²) in [7, 11) is 0. The molecule has 2 aromatic heterocycles. The summed E-state index contributed by atoms with van der Waals surface area (Å²) in [5, 5.41) is 14.0. The Bertz CT molecular complexity index is 792. The normalized spacial score (nSPS) is 21.0. The predicted octanol–water partition coefficient (Wildman–Crippen LogP) is 3.38. The summed E-state index contributed by atoms with van der Waals surface area (Å²) in [6, 6.07) is 2.22. The number of aryl methyl sites for hydroxylation is 2. The Hall–Kier alpha value is -1.82. The van der Waals surface area contributed by atoms with E-state index in [-0.39, 0.29) is 0 Å². The average Bonchev–Trinajstić information content (AvgIpc) is 3.07. The van der Waals surface area contributed by atoms with Crippen LogP contribution in [-0.2, 0) is 30.5 Å². The Morgan fingerprint density at radius 2 is 1.81 bits per heavy atom. The molecule has 0 N–H and O–H groups in total. The molecule has 2 aromatic rings. The molecule has 0 amide bonds. The Balaban J connectivity index is 1.44. The van der Waals surface area contributed by atoms with Gasteiger partial charge in [0.05, 0.1) is 5.69 Å². The quantitative estimate of drug-likeness (QED) is 0.810. The summed E-state index contributed by atoms with van der Waals surface area (Å²) in [6.07, 6.45) is 11.9. The minimum absolute atomic E-state index is 0.612. The Morgan fingerprint density at radius 3 is 2.63 bits per heavy atom. The van der Waals surface area contributed by atoms with Gasteiger partial charge < -0.3 is 4.74 Å². The van der Waals surface area contributed by atoms with E-state index in [0.29, 0.717) is 5.92 Å². The van der Waals surface area contributed by atoms with E-state index in [4.69, 9.17) is 14.8 Å². The van der Waals surface area contributed by atoms with Crippen LogP contribution in [0.3, 0.4) is 0 Å². The SMILES string of the molecule is c1c(-c2nc(CC3CCC3)nn2CC2CCOCC2)nnc2c1CCCC2. The molecule has 0 bridgehead atoms. The highest BCUT2D eigenvalue weighted by Gasteiger charge is 2.24. The summed E-state index contributed by atoms with van der Waals surface area (Å²) in [5.74, 6) is 3.28. The first-order valence-corrected chi connectivity index (χ1v) is 10.7. The Morgan fingerprint density at radius 1 is 0.963 bits per heavy atom. The minimum Gasteiger partial charge on any atom is -0.381 e. The smallest absolute Gasteiger partial charge is 0.178 e. The highest BCUT2D eigenvalue weighted by Crippen LogP contribution is 2.30. The van der Waals surface area contributed by atoms with Crippen molar-refractivity contribution in [2.45, 2.75) is 70.8 Å². The first-order valence-electron chi connectivity index (χ1n) is 10.7. The summed E-state index contributed by atoms with van der Waals surface area (Å²) in [6.45, 7) is 2.64. The van der Waals surface area contributed by atoms with E-state index in [2.05, 4.69) is 20.9 Å². The minimum atomic E-state index is 0.612. The third kappa shape index (κ3) is 3.77. The maximum absolute atomic E-state index is 5.53. The van der Waals surface area contributed by atoms with Crippen LogP contribution in [0.4, 0.5) is 0 Å². The average molecular weight is 367 g/mol. The number of aromatic nitrogens is 5. The molecule has 2 aliphatic carbocycles. The van der Waals surface area contributed by atoms with Gasteiger partial charge >= 0.3 is 0 Å². The number of nitrogens with zero attached hydrogens (tertiary/aromatic N) is 5. The van der Waals surface area contributed by atoms with Crippen molar-refractivity contribution in [3.8, 4) is 11.5 Å². The Kier molecular flexibility index (Phi) is 4.91. The summed E-state index contributed by atoms with van der Waals surface area (Å²) >= 11 is 0. The van der Waals surface area contributed by atoms with Crippen molar-refractivity contribution >= 4 is 0 Å². The lowest BCUT2D eigenvalue weighted by molar-refractivity contribution is 0.0602. The fourth-order valence-corrected chi connectivity index (χ4v) is 4.52. The van der Waals surface area contributed by atoms with E-state index < -0.39 is 0 Å². The molecule has 6 heteroatoms. The lowest BCUT2D eigenvalue weighted by Gasteiger charge is -2.23. The fourth-order valence-electron chi connectivity index (χ4n) is 4.52. The molecule has 144 valence electrons. The maximum Gasteiger partial charge on any atom is 0.178 e. The molecular weight excluding hydrogens is 338 g/mol. The largest absolute Gasteiger partial charge is 0.381 e. The van der Waals surface area contributed by atoms with Gasteiger partial charge in [0.15, 0.2) is 11.6 Å². The van der Waals surface area contributed by atoms with Gasteiger partial charge in [-0.15, -0.1) is 5.10 Å². The molecule has 3 heterocycles. The summed E-state index contributed by atoms with van der Waals surface area (Å²) < 4.78 is 7.64. The van der Waals surface area contributed by atoms with Crippen molar-refractivity contribution in [3.63, 3.8) is 0 Å². The van der Waals surface area contributed by atoms with Gasteiger partial charge in [-0.05, 0) is 62.0 Å². The van der Waals surface area contributed by atoms with Crippen LogP contribution in [0.15, 0.2) is 6.07 Å². The molecule has 5 rings (SSSR count). The van der Waals surface area contributed by atoms with Crippen LogP contribution >= 0.6 is 0 Å². The maximum atomic E-state index is 5.53. The first kappa shape index (κ1) is 17.3. The van der Waals surface area contributed by atoms with E-state index in [0.717, 1.165) is 75.1 Å². The molecule has 2 fully saturated rings. The van der Waals surface area contributed by atoms with Gasteiger partial charge in [0.2, 0.25) is 0 Å². The van der Waals surface area contributed by atoms with Crippen molar-refractivity contribution in [1.29, 1.82) is 0 Å². The van der Waals surface area contributed by atoms with Gasteiger partial charge in [-0.1, -0.05) is 19.3 Å². The predicted molar refractivity (Wildman–Crippen MR) is 102 cm³/mol. The van der Waals surface area contributed by atoms with Gasteiger partial charge in [0.25, 0.3) is 0 Å². The van der Waals surface area contributed by atoms with E-state index in [1.54, 1.807) is 0 Å². The van der Waals surface area contributed by atoms with E-state index >= 15 is 0 Å². The number of ether oxygens (including phenoxy) is 1. The molecule has 1 saturated carbocycles. The third-order valence-electron chi connectivity index (χ3n) is 6.48. The van der Waals surface area contributed by atoms with Crippen LogP contribution in [0, 0.1) is 11.8 Å². The van der Waals surface area contributed by atoms with Crippen LogP contribution in [0.2, 0.25) is 0 Å². The molecule has 0 unspecified atom stereocenters. The van der Waals surface area contributed by atoms with Gasteiger partial charge in [-0.25, -0.2) is 9.67 Å². The van der Waals surface area contributed by atoms with E-state index in [1.165, 1.54) is 43.4 Å². The highest BCUT2D eigenvalue weighted by atomic mass is 16.5. The molecule has 27 heavy (non-hydrogen) atoms. The second-order valence-electron chi connectivity index (χ2n) is 8.50. The topological polar surface area (TPSA) is 65.7 Å². The van der Waals surface area contributed by atoms with Crippen molar-refractivity contribution in [2.75, 3.05) is 13.2 Å². The zero-order valence-corrected chi connectivity index (χ0v) is 16.1. The zero-order chi connectivity index (χ0) is 18.1. The van der Waals surface area contributed by atoms with E-state index in [1.807, 2.05) is 0 Å². The second kappa shape index (κ2) is 7.66.